The van der Waals surface area contributed by atoms with Crippen LogP contribution >= 0.6 is 0 Å². The summed E-state index contributed by atoms with van der Waals surface area (Å²) in [5, 5.41) is 5.93. The number of ether oxygens (including phenoxy) is 1. The Labute approximate surface area is 170 Å². The summed E-state index contributed by atoms with van der Waals surface area (Å²) < 4.78 is 5.89. The third-order valence-corrected chi connectivity index (χ3v) is 5.54. The molecule has 2 heterocycles. The number of benzene rings is 1. The van der Waals surface area contributed by atoms with E-state index in [1.54, 1.807) is 17.2 Å². The molecule has 1 aromatic heterocycles. The molecular formula is C22H26N4O3. The standard InChI is InChI=1S/C22H26N4O3/c1-14-8-9-23-20(10-14)29-19-11-17(7-6-15(19)2)25-22(28)26-12-18(13-26)24-21(27)16-4-3-5-16/h6-11,16,18H,3-5,12-13H2,1-2H3,(H,24,27)(H,25,28). The average Bonchev–Trinajstić information content (AvgIpc) is 2.59. The fourth-order valence-corrected chi connectivity index (χ4v) is 3.39. The fraction of sp³-hybridized carbons (Fsp3) is 0.409. The third kappa shape index (κ3) is 4.50. The summed E-state index contributed by atoms with van der Waals surface area (Å²) >= 11 is 0. The molecule has 1 aliphatic carbocycles. The minimum absolute atomic E-state index is 0.0538. The Kier molecular flexibility index (Phi) is 5.38. The lowest BCUT2D eigenvalue weighted by Gasteiger charge is -2.40. The molecule has 1 saturated carbocycles. The second kappa shape index (κ2) is 8.11. The molecule has 0 atom stereocenters. The van der Waals surface area contributed by atoms with Gasteiger partial charge >= 0.3 is 6.03 Å². The highest BCUT2D eigenvalue weighted by Crippen LogP contribution is 2.28. The Balaban J connectivity index is 1.31. The topological polar surface area (TPSA) is 83.6 Å². The van der Waals surface area contributed by atoms with Crippen LogP contribution in [-0.2, 0) is 4.79 Å². The van der Waals surface area contributed by atoms with Crippen LogP contribution in [0.5, 0.6) is 11.6 Å². The zero-order chi connectivity index (χ0) is 20.4. The highest BCUT2D eigenvalue weighted by molar-refractivity contribution is 5.90. The van der Waals surface area contributed by atoms with Crippen molar-refractivity contribution in [3.63, 3.8) is 0 Å². The van der Waals surface area contributed by atoms with Crippen LogP contribution in [0.4, 0.5) is 10.5 Å². The number of nitrogens with zero attached hydrogens (tertiary/aromatic N) is 2. The number of amides is 3. The van der Waals surface area contributed by atoms with Gasteiger partial charge in [-0.15, -0.1) is 0 Å². The number of carbonyl (C=O) groups excluding carboxylic acids is 2. The van der Waals surface area contributed by atoms with Gasteiger partial charge in [-0.05, 0) is 49.9 Å². The van der Waals surface area contributed by atoms with Gasteiger partial charge in [0.05, 0.1) is 6.04 Å². The van der Waals surface area contributed by atoms with Gasteiger partial charge in [-0.3, -0.25) is 4.79 Å². The van der Waals surface area contributed by atoms with E-state index in [2.05, 4.69) is 15.6 Å². The van der Waals surface area contributed by atoms with Crippen molar-refractivity contribution in [3.8, 4) is 11.6 Å². The van der Waals surface area contributed by atoms with Gasteiger partial charge in [0.1, 0.15) is 5.75 Å². The zero-order valence-corrected chi connectivity index (χ0v) is 16.8. The second-order valence-electron chi connectivity index (χ2n) is 7.92. The van der Waals surface area contributed by atoms with Gasteiger partial charge in [-0.2, -0.15) is 0 Å². The Bertz CT molecular complexity index is 920. The lowest BCUT2D eigenvalue weighted by atomic mass is 9.84. The Morgan fingerprint density at radius 3 is 2.62 bits per heavy atom. The highest BCUT2D eigenvalue weighted by Gasteiger charge is 2.34. The van der Waals surface area contributed by atoms with E-state index >= 15 is 0 Å². The average molecular weight is 394 g/mol. The summed E-state index contributed by atoms with van der Waals surface area (Å²) in [6.07, 6.45) is 4.81. The number of aryl methyl sites for hydroxylation is 2. The molecule has 7 nitrogen and oxygen atoms in total. The van der Waals surface area contributed by atoms with Gasteiger partial charge in [0, 0.05) is 43.0 Å². The van der Waals surface area contributed by atoms with Gasteiger partial charge in [0.2, 0.25) is 11.8 Å². The predicted molar refractivity (Wildman–Crippen MR) is 110 cm³/mol. The van der Waals surface area contributed by atoms with Crippen molar-refractivity contribution in [2.24, 2.45) is 5.92 Å². The van der Waals surface area contributed by atoms with Crippen molar-refractivity contribution >= 4 is 17.6 Å². The summed E-state index contributed by atoms with van der Waals surface area (Å²) in [4.78, 5) is 30.4. The van der Waals surface area contributed by atoms with Crippen molar-refractivity contribution in [1.82, 2.24) is 15.2 Å². The molecule has 2 aromatic rings. The summed E-state index contributed by atoms with van der Waals surface area (Å²) in [7, 11) is 0. The Morgan fingerprint density at radius 1 is 1.14 bits per heavy atom. The summed E-state index contributed by atoms with van der Waals surface area (Å²) in [5.41, 5.74) is 2.67. The van der Waals surface area contributed by atoms with E-state index in [1.807, 2.05) is 38.1 Å². The van der Waals surface area contributed by atoms with Crippen LogP contribution in [0.2, 0.25) is 0 Å². The third-order valence-electron chi connectivity index (χ3n) is 5.54. The maximum atomic E-state index is 12.5. The van der Waals surface area contributed by atoms with Crippen LogP contribution in [0.3, 0.4) is 0 Å². The molecule has 0 bridgehead atoms. The molecule has 1 aromatic carbocycles. The molecule has 0 radical (unpaired) electrons. The minimum atomic E-state index is -0.178. The molecule has 3 amide bonds. The van der Waals surface area contributed by atoms with Crippen LogP contribution in [0.1, 0.15) is 30.4 Å². The molecule has 152 valence electrons. The van der Waals surface area contributed by atoms with Crippen molar-refractivity contribution in [2.45, 2.75) is 39.2 Å². The molecule has 29 heavy (non-hydrogen) atoms. The number of aromatic nitrogens is 1. The van der Waals surface area contributed by atoms with Crippen LogP contribution in [0.25, 0.3) is 0 Å². The molecule has 2 aliphatic rings. The van der Waals surface area contributed by atoms with Crippen molar-refractivity contribution in [3.05, 3.63) is 47.7 Å². The quantitative estimate of drug-likeness (QED) is 0.811. The number of anilines is 1. The van der Waals surface area contributed by atoms with Crippen molar-refractivity contribution < 1.29 is 14.3 Å². The Hall–Kier alpha value is -3.09. The normalized spacial score (nSPS) is 16.6. The molecule has 1 aliphatic heterocycles. The van der Waals surface area contributed by atoms with E-state index in [-0.39, 0.29) is 23.9 Å². The number of rotatable bonds is 5. The summed E-state index contributed by atoms with van der Waals surface area (Å²) in [6.45, 7) is 4.99. The smallest absolute Gasteiger partial charge is 0.321 e. The molecule has 0 unspecified atom stereocenters. The van der Waals surface area contributed by atoms with Crippen LogP contribution in [-0.4, -0.2) is 41.0 Å². The molecule has 0 spiro atoms. The predicted octanol–water partition coefficient (Wildman–Crippen LogP) is 3.62. The molecule has 4 rings (SSSR count). The van der Waals surface area contributed by atoms with E-state index in [0.29, 0.717) is 30.4 Å². The number of hydrogen-bond donors (Lipinski definition) is 2. The molecule has 7 heteroatoms. The van der Waals surface area contributed by atoms with Gasteiger partial charge in [-0.25, -0.2) is 9.78 Å². The number of pyridine rings is 1. The Morgan fingerprint density at radius 2 is 1.93 bits per heavy atom. The highest BCUT2D eigenvalue weighted by atomic mass is 16.5. The van der Waals surface area contributed by atoms with E-state index in [1.165, 1.54) is 0 Å². The lowest BCUT2D eigenvalue weighted by Crippen LogP contribution is -2.62. The molecule has 2 N–H and O–H groups in total. The van der Waals surface area contributed by atoms with E-state index in [0.717, 1.165) is 30.4 Å². The van der Waals surface area contributed by atoms with Crippen molar-refractivity contribution in [1.29, 1.82) is 0 Å². The zero-order valence-electron chi connectivity index (χ0n) is 16.8. The number of urea groups is 1. The van der Waals surface area contributed by atoms with Gasteiger partial charge in [0.25, 0.3) is 0 Å². The van der Waals surface area contributed by atoms with Crippen LogP contribution in [0.15, 0.2) is 36.5 Å². The van der Waals surface area contributed by atoms with Crippen LogP contribution in [0, 0.1) is 19.8 Å². The summed E-state index contributed by atoms with van der Waals surface area (Å²) in [6, 6.07) is 9.19. The lowest BCUT2D eigenvalue weighted by molar-refractivity contribution is -0.129. The van der Waals surface area contributed by atoms with Gasteiger partial charge < -0.3 is 20.3 Å². The first-order valence-electron chi connectivity index (χ1n) is 10.1. The van der Waals surface area contributed by atoms with E-state index in [4.69, 9.17) is 4.74 Å². The first kappa shape index (κ1) is 19.2. The first-order chi connectivity index (χ1) is 14.0. The van der Waals surface area contributed by atoms with E-state index < -0.39 is 0 Å². The first-order valence-corrected chi connectivity index (χ1v) is 10.1. The van der Waals surface area contributed by atoms with E-state index in [9.17, 15) is 9.59 Å². The van der Waals surface area contributed by atoms with Crippen molar-refractivity contribution in [2.75, 3.05) is 18.4 Å². The molecular weight excluding hydrogens is 368 g/mol. The molecule has 1 saturated heterocycles. The SMILES string of the molecule is Cc1ccnc(Oc2cc(NC(=O)N3CC(NC(=O)C4CCC4)C3)ccc2C)c1. The van der Waals surface area contributed by atoms with Gasteiger partial charge in [-0.1, -0.05) is 12.5 Å². The number of carbonyl (C=O) groups is 2. The summed E-state index contributed by atoms with van der Waals surface area (Å²) in [5.74, 6) is 1.47. The molecule has 2 fully saturated rings. The maximum absolute atomic E-state index is 12.5. The number of hydrogen-bond acceptors (Lipinski definition) is 4. The number of likely N-dealkylation sites (tertiary alicyclic amines) is 1. The maximum Gasteiger partial charge on any atom is 0.321 e. The van der Waals surface area contributed by atoms with Gasteiger partial charge in [0.15, 0.2) is 0 Å². The minimum Gasteiger partial charge on any atom is -0.439 e. The monoisotopic (exact) mass is 394 g/mol. The largest absolute Gasteiger partial charge is 0.439 e. The van der Waals surface area contributed by atoms with Crippen LogP contribution < -0.4 is 15.4 Å². The number of nitrogens with one attached hydrogen (secondary N) is 2. The second-order valence-corrected chi connectivity index (χ2v) is 7.92. The fourth-order valence-electron chi connectivity index (χ4n) is 3.39.